The second-order valence-corrected chi connectivity index (χ2v) is 3.03. The molecule has 1 atom stereocenters. The second-order valence-electron chi connectivity index (χ2n) is 3.03. The van der Waals surface area contributed by atoms with Crippen molar-refractivity contribution >= 4 is 0 Å². The first kappa shape index (κ1) is 10.7. The number of ether oxygens (including phenoxy) is 1. The van der Waals surface area contributed by atoms with Gasteiger partial charge < -0.3 is 10.5 Å². The molecule has 1 rings (SSSR count). The molecule has 0 radical (unpaired) electrons. The maximum Gasteiger partial charge on any atom is 0.165 e. The molecule has 1 unspecified atom stereocenters. The molecule has 0 fully saturated rings. The molecule has 1 aromatic carbocycles. The van der Waals surface area contributed by atoms with Crippen LogP contribution in [-0.2, 0) is 6.54 Å². The molecular weight excluding hydrogens is 181 g/mol. The van der Waals surface area contributed by atoms with E-state index in [4.69, 9.17) is 10.5 Å². The highest BCUT2D eigenvalue weighted by molar-refractivity contribution is 5.29. The van der Waals surface area contributed by atoms with Gasteiger partial charge in [-0.2, -0.15) is 0 Å². The van der Waals surface area contributed by atoms with Crippen LogP contribution in [0.4, 0.5) is 4.39 Å². The van der Waals surface area contributed by atoms with Gasteiger partial charge in [0.05, 0.1) is 0 Å². The fourth-order valence-corrected chi connectivity index (χ4v) is 1.02. The van der Waals surface area contributed by atoms with Gasteiger partial charge in [-0.15, -0.1) is 0 Å². The van der Waals surface area contributed by atoms with Crippen LogP contribution in [0.2, 0.25) is 0 Å². The van der Waals surface area contributed by atoms with E-state index in [1.165, 1.54) is 6.07 Å². The Kier molecular flexibility index (Phi) is 3.65. The van der Waals surface area contributed by atoms with Gasteiger partial charge in [0.2, 0.25) is 0 Å². The molecule has 0 saturated heterocycles. The van der Waals surface area contributed by atoms with Crippen molar-refractivity contribution in [2.75, 3.05) is 0 Å². The monoisotopic (exact) mass is 195 g/mol. The van der Waals surface area contributed by atoms with E-state index in [1.54, 1.807) is 25.1 Å². The van der Waals surface area contributed by atoms with Gasteiger partial charge in [0, 0.05) is 6.54 Å². The zero-order valence-electron chi connectivity index (χ0n) is 8.16. The largest absolute Gasteiger partial charge is 0.484 e. The van der Waals surface area contributed by atoms with Crippen molar-refractivity contribution in [2.45, 2.75) is 19.6 Å². The van der Waals surface area contributed by atoms with Crippen LogP contribution in [0, 0.1) is 5.82 Å². The van der Waals surface area contributed by atoms with Crippen LogP contribution < -0.4 is 10.5 Å². The van der Waals surface area contributed by atoms with Gasteiger partial charge in [0.25, 0.3) is 0 Å². The smallest absolute Gasteiger partial charge is 0.165 e. The molecule has 0 aliphatic carbocycles. The van der Waals surface area contributed by atoms with Crippen LogP contribution in [-0.4, -0.2) is 6.10 Å². The molecule has 0 amide bonds. The van der Waals surface area contributed by atoms with E-state index in [9.17, 15) is 4.39 Å². The van der Waals surface area contributed by atoms with Crippen molar-refractivity contribution < 1.29 is 9.13 Å². The summed E-state index contributed by atoms with van der Waals surface area (Å²) in [5.41, 5.74) is 6.12. The number of hydrogen-bond acceptors (Lipinski definition) is 2. The van der Waals surface area contributed by atoms with Crippen LogP contribution >= 0.6 is 0 Å². The topological polar surface area (TPSA) is 35.2 Å². The van der Waals surface area contributed by atoms with Gasteiger partial charge in [-0.1, -0.05) is 18.7 Å². The summed E-state index contributed by atoms with van der Waals surface area (Å²) in [5, 5.41) is 0. The molecule has 0 aliphatic heterocycles. The summed E-state index contributed by atoms with van der Waals surface area (Å²) >= 11 is 0. The molecule has 0 heterocycles. The van der Waals surface area contributed by atoms with Crippen molar-refractivity contribution in [2.24, 2.45) is 5.73 Å². The molecular formula is C11H14FNO. The first-order chi connectivity index (χ1) is 6.67. The van der Waals surface area contributed by atoms with Crippen molar-refractivity contribution in [1.82, 2.24) is 0 Å². The third kappa shape index (κ3) is 2.57. The number of hydrogen-bond donors (Lipinski definition) is 1. The molecule has 0 aliphatic rings. The average molecular weight is 195 g/mol. The highest BCUT2D eigenvalue weighted by Gasteiger charge is 2.06. The lowest BCUT2D eigenvalue weighted by molar-refractivity contribution is 0.257. The van der Waals surface area contributed by atoms with Crippen molar-refractivity contribution in [3.05, 3.63) is 42.2 Å². The lowest BCUT2D eigenvalue weighted by Gasteiger charge is -2.11. The van der Waals surface area contributed by atoms with E-state index in [0.717, 1.165) is 5.56 Å². The Morgan fingerprint density at radius 1 is 1.64 bits per heavy atom. The molecule has 0 spiro atoms. The predicted molar refractivity (Wildman–Crippen MR) is 54.6 cm³/mol. The molecule has 0 saturated carbocycles. The van der Waals surface area contributed by atoms with Crippen LogP contribution in [0.15, 0.2) is 30.9 Å². The highest BCUT2D eigenvalue weighted by atomic mass is 19.1. The number of nitrogens with two attached hydrogens (primary N) is 1. The van der Waals surface area contributed by atoms with E-state index in [-0.39, 0.29) is 17.7 Å². The Morgan fingerprint density at radius 2 is 2.36 bits per heavy atom. The molecule has 76 valence electrons. The van der Waals surface area contributed by atoms with Crippen LogP contribution in [0.1, 0.15) is 12.5 Å². The van der Waals surface area contributed by atoms with Crippen molar-refractivity contribution in [3.8, 4) is 5.75 Å². The summed E-state index contributed by atoms with van der Waals surface area (Å²) in [7, 11) is 0. The Bertz CT molecular complexity index is 325. The van der Waals surface area contributed by atoms with Gasteiger partial charge >= 0.3 is 0 Å². The average Bonchev–Trinajstić information content (AvgIpc) is 2.20. The molecule has 0 bridgehead atoms. The highest BCUT2D eigenvalue weighted by Crippen LogP contribution is 2.19. The van der Waals surface area contributed by atoms with Crippen LogP contribution in [0.5, 0.6) is 5.75 Å². The Balaban J connectivity index is 2.83. The first-order valence-electron chi connectivity index (χ1n) is 4.45. The van der Waals surface area contributed by atoms with Gasteiger partial charge in [-0.05, 0) is 24.6 Å². The molecule has 1 aromatic rings. The summed E-state index contributed by atoms with van der Waals surface area (Å²) in [6.07, 6.45) is 1.41. The van der Waals surface area contributed by atoms with E-state index in [2.05, 4.69) is 6.58 Å². The third-order valence-corrected chi connectivity index (χ3v) is 1.88. The Hall–Kier alpha value is -1.35. The quantitative estimate of drug-likeness (QED) is 0.748. The molecule has 2 N–H and O–H groups in total. The Morgan fingerprint density at radius 3 is 2.86 bits per heavy atom. The second kappa shape index (κ2) is 4.77. The fraction of sp³-hybridized carbons (Fsp3) is 0.273. The minimum absolute atomic E-state index is 0.201. The molecule has 2 nitrogen and oxygen atoms in total. The van der Waals surface area contributed by atoms with Crippen LogP contribution in [0.3, 0.4) is 0 Å². The molecule has 0 aromatic heterocycles. The van der Waals surface area contributed by atoms with Gasteiger partial charge in [-0.3, -0.25) is 0 Å². The summed E-state index contributed by atoms with van der Waals surface area (Å²) in [4.78, 5) is 0. The number of halogens is 1. The van der Waals surface area contributed by atoms with E-state index in [0.29, 0.717) is 6.54 Å². The van der Waals surface area contributed by atoms with Crippen molar-refractivity contribution in [3.63, 3.8) is 0 Å². The first-order valence-corrected chi connectivity index (χ1v) is 4.45. The molecule has 3 heteroatoms. The standard InChI is InChI=1S/C11H14FNO/c1-3-8(2)14-11-5-4-9(7-13)6-10(11)12/h3-6,8H,1,7,13H2,2H3. The van der Waals surface area contributed by atoms with Gasteiger partial charge in [0.1, 0.15) is 6.10 Å². The normalized spacial score (nSPS) is 12.2. The van der Waals surface area contributed by atoms with E-state index in [1.807, 2.05) is 0 Å². The van der Waals surface area contributed by atoms with E-state index < -0.39 is 0 Å². The minimum Gasteiger partial charge on any atom is -0.484 e. The number of benzene rings is 1. The van der Waals surface area contributed by atoms with Gasteiger partial charge in [-0.25, -0.2) is 4.39 Å². The summed E-state index contributed by atoms with van der Waals surface area (Å²) in [5.74, 6) is -0.156. The van der Waals surface area contributed by atoms with Crippen molar-refractivity contribution in [1.29, 1.82) is 0 Å². The zero-order valence-corrected chi connectivity index (χ0v) is 8.16. The maximum absolute atomic E-state index is 13.3. The lowest BCUT2D eigenvalue weighted by Crippen LogP contribution is -2.09. The van der Waals surface area contributed by atoms with Gasteiger partial charge in [0.15, 0.2) is 11.6 Å². The Labute approximate surface area is 83.2 Å². The molecule has 14 heavy (non-hydrogen) atoms. The zero-order chi connectivity index (χ0) is 10.6. The SMILES string of the molecule is C=CC(C)Oc1ccc(CN)cc1F. The lowest BCUT2D eigenvalue weighted by atomic mass is 10.2. The number of rotatable bonds is 4. The predicted octanol–water partition coefficient (Wildman–Crippen LogP) is 2.24. The van der Waals surface area contributed by atoms with E-state index >= 15 is 0 Å². The third-order valence-electron chi connectivity index (χ3n) is 1.88. The summed E-state index contributed by atoms with van der Waals surface area (Å²) in [6.45, 7) is 5.68. The summed E-state index contributed by atoms with van der Waals surface area (Å²) < 4.78 is 18.6. The minimum atomic E-state index is -0.387. The fourth-order valence-electron chi connectivity index (χ4n) is 1.02. The maximum atomic E-state index is 13.3. The summed E-state index contributed by atoms with van der Waals surface area (Å²) in [6, 6.07) is 4.71. The van der Waals surface area contributed by atoms with Crippen LogP contribution in [0.25, 0.3) is 0 Å².